The van der Waals surface area contributed by atoms with Crippen molar-refractivity contribution < 1.29 is 9.47 Å². The monoisotopic (exact) mass is 411 g/mol. The van der Waals surface area contributed by atoms with Crippen LogP contribution in [0.5, 0.6) is 11.5 Å². The molecule has 3 aromatic rings. The van der Waals surface area contributed by atoms with Gasteiger partial charge in [-0.2, -0.15) is 0 Å². The van der Waals surface area contributed by atoms with E-state index in [9.17, 15) is 0 Å². The summed E-state index contributed by atoms with van der Waals surface area (Å²) in [5.74, 6) is 1.61. The van der Waals surface area contributed by atoms with Gasteiger partial charge in [0, 0.05) is 18.2 Å². The van der Waals surface area contributed by atoms with E-state index in [4.69, 9.17) is 9.47 Å². The van der Waals surface area contributed by atoms with Gasteiger partial charge in [-0.1, -0.05) is 72.3 Å². The third-order valence-electron chi connectivity index (χ3n) is 4.76. The third-order valence-corrected chi connectivity index (χ3v) is 4.76. The molecule has 3 rings (SSSR count). The Labute approximate surface area is 180 Å². The van der Waals surface area contributed by atoms with Gasteiger partial charge in [0.15, 0.2) is 11.5 Å². The van der Waals surface area contributed by atoms with Gasteiger partial charge in [0.1, 0.15) is 6.61 Å². The van der Waals surface area contributed by atoms with Crippen molar-refractivity contribution in [2.45, 2.75) is 40.0 Å². The van der Waals surface area contributed by atoms with E-state index < -0.39 is 0 Å². The molecule has 0 heterocycles. The van der Waals surface area contributed by atoms with E-state index >= 15 is 0 Å². The van der Waals surface area contributed by atoms with Crippen LogP contribution in [-0.4, -0.2) is 6.61 Å². The highest BCUT2D eigenvalue weighted by molar-refractivity contribution is 5.85. The minimum atomic E-state index is 0. The van der Waals surface area contributed by atoms with Crippen LogP contribution < -0.4 is 14.8 Å². The highest BCUT2D eigenvalue weighted by Gasteiger charge is 2.13. The second kappa shape index (κ2) is 11.5. The Hall–Kier alpha value is -2.49. The number of aryl methyl sites for hydroxylation is 1. The van der Waals surface area contributed by atoms with E-state index in [1.165, 1.54) is 11.1 Å². The standard InChI is InChI=1S/C25H29NO2.ClH/c1-4-27-24-12-8-11-23(17-26-20(3)22-9-6-5-7-10-22)25(24)28-18-21-15-13-19(2)14-16-21;/h5-16,20,26H,4,17-18H2,1-3H3;1H. The lowest BCUT2D eigenvalue weighted by Gasteiger charge is -2.19. The van der Waals surface area contributed by atoms with Gasteiger partial charge in [-0.25, -0.2) is 0 Å². The molecule has 0 saturated heterocycles. The molecule has 0 amide bonds. The average Bonchev–Trinajstić information content (AvgIpc) is 2.73. The SMILES string of the molecule is CCOc1cccc(CNC(C)c2ccccc2)c1OCc1ccc(C)cc1.Cl. The summed E-state index contributed by atoms with van der Waals surface area (Å²) in [5, 5.41) is 3.60. The number of nitrogens with one attached hydrogen (secondary N) is 1. The average molecular weight is 412 g/mol. The Morgan fingerprint density at radius 2 is 1.59 bits per heavy atom. The van der Waals surface area contributed by atoms with Crippen LogP contribution in [0, 0.1) is 6.92 Å². The molecule has 0 radical (unpaired) electrons. The number of hydrogen-bond acceptors (Lipinski definition) is 3. The van der Waals surface area contributed by atoms with Crippen molar-refractivity contribution in [1.29, 1.82) is 0 Å². The maximum atomic E-state index is 6.22. The molecule has 1 unspecified atom stereocenters. The van der Waals surface area contributed by atoms with E-state index in [-0.39, 0.29) is 18.4 Å². The Morgan fingerprint density at radius 1 is 0.862 bits per heavy atom. The summed E-state index contributed by atoms with van der Waals surface area (Å²) in [6, 6.07) is 25.2. The molecule has 1 atom stereocenters. The van der Waals surface area contributed by atoms with Gasteiger partial charge >= 0.3 is 0 Å². The fourth-order valence-corrected chi connectivity index (χ4v) is 3.10. The molecule has 0 bridgehead atoms. The van der Waals surface area contributed by atoms with Crippen LogP contribution in [0.2, 0.25) is 0 Å². The topological polar surface area (TPSA) is 30.5 Å². The van der Waals surface area contributed by atoms with Gasteiger partial charge in [-0.15, -0.1) is 12.4 Å². The molecular weight excluding hydrogens is 382 g/mol. The summed E-state index contributed by atoms with van der Waals surface area (Å²) in [6.07, 6.45) is 0. The zero-order valence-corrected chi connectivity index (χ0v) is 18.2. The first kappa shape index (κ1) is 22.8. The van der Waals surface area contributed by atoms with Crippen LogP contribution in [0.4, 0.5) is 0 Å². The van der Waals surface area contributed by atoms with Crippen molar-refractivity contribution in [2.24, 2.45) is 0 Å². The lowest BCUT2D eigenvalue weighted by molar-refractivity contribution is 0.266. The van der Waals surface area contributed by atoms with Gasteiger partial charge < -0.3 is 14.8 Å². The van der Waals surface area contributed by atoms with Crippen molar-refractivity contribution in [3.05, 3.63) is 95.1 Å². The lowest BCUT2D eigenvalue weighted by Crippen LogP contribution is -2.18. The maximum Gasteiger partial charge on any atom is 0.166 e. The summed E-state index contributed by atoms with van der Waals surface area (Å²) in [5.41, 5.74) is 4.76. The van der Waals surface area contributed by atoms with E-state index in [1.807, 2.05) is 25.1 Å². The van der Waals surface area contributed by atoms with Crippen molar-refractivity contribution in [2.75, 3.05) is 6.61 Å². The first-order valence-electron chi connectivity index (χ1n) is 9.88. The highest BCUT2D eigenvalue weighted by Crippen LogP contribution is 2.32. The number of hydrogen-bond donors (Lipinski definition) is 1. The molecule has 0 aromatic heterocycles. The Morgan fingerprint density at radius 3 is 2.28 bits per heavy atom. The Kier molecular flexibility index (Phi) is 9.04. The van der Waals surface area contributed by atoms with Crippen LogP contribution >= 0.6 is 12.4 Å². The number of para-hydroxylation sites is 1. The van der Waals surface area contributed by atoms with Crippen molar-refractivity contribution in [3.8, 4) is 11.5 Å². The molecule has 0 fully saturated rings. The number of rotatable bonds is 9. The van der Waals surface area contributed by atoms with E-state index in [0.29, 0.717) is 19.8 Å². The van der Waals surface area contributed by atoms with Gasteiger partial charge in [0.2, 0.25) is 0 Å². The fraction of sp³-hybridized carbons (Fsp3) is 0.280. The van der Waals surface area contributed by atoms with Gasteiger partial charge in [-0.05, 0) is 38.0 Å². The predicted molar refractivity (Wildman–Crippen MR) is 122 cm³/mol. The zero-order valence-electron chi connectivity index (χ0n) is 17.4. The molecule has 4 heteroatoms. The normalized spacial score (nSPS) is 11.4. The maximum absolute atomic E-state index is 6.22. The summed E-state index contributed by atoms with van der Waals surface area (Å²) < 4.78 is 12.0. The molecule has 3 nitrogen and oxygen atoms in total. The number of halogens is 1. The first-order chi connectivity index (χ1) is 13.7. The van der Waals surface area contributed by atoms with Crippen LogP contribution in [0.3, 0.4) is 0 Å². The van der Waals surface area contributed by atoms with Gasteiger partial charge in [0.05, 0.1) is 6.61 Å². The van der Waals surface area contributed by atoms with Crippen LogP contribution in [-0.2, 0) is 13.2 Å². The Balaban J connectivity index is 0.00000300. The minimum Gasteiger partial charge on any atom is -0.490 e. The molecule has 154 valence electrons. The number of ether oxygens (including phenoxy) is 2. The fourth-order valence-electron chi connectivity index (χ4n) is 3.10. The second-order valence-electron chi connectivity index (χ2n) is 6.96. The molecule has 0 saturated carbocycles. The van der Waals surface area contributed by atoms with Gasteiger partial charge in [0.25, 0.3) is 0 Å². The smallest absolute Gasteiger partial charge is 0.166 e. The van der Waals surface area contributed by atoms with Crippen molar-refractivity contribution in [3.63, 3.8) is 0 Å². The minimum absolute atomic E-state index is 0. The van der Waals surface area contributed by atoms with Crippen LogP contribution in [0.25, 0.3) is 0 Å². The number of benzene rings is 3. The van der Waals surface area contributed by atoms with Crippen LogP contribution in [0.1, 0.15) is 42.1 Å². The van der Waals surface area contributed by atoms with E-state index in [1.54, 1.807) is 0 Å². The highest BCUT2D eigenvalue weighted by atomic mass is 35.5. The second-order valence-corrected chi connectivity index (χ2v) is 6.96. The predicted octanol–water partition coefficient (Wildman–Crippen LogP) is 6.25. The van der Waals surface area contributed by atoms with Gasteiger partial charge in [-0.3, -0.25) is 0 Å². The van der Waals surface area contributed by atoms with E-state index in [2.05, 4.69) is 73.8 Å². The molecule has 0 aliphatic carbocycles. The lowest BCUT2D eigenvalue weighted by atomic mass is 10.1. The molecule has 1 N–H and O–H groups in total. The Bertz CT molecular complexity index is 866. The molecule has 29 heavy (non-hydrogen) atoms. The molecule has 0 aliphatic heterocycles. The van der Waals surface area contributed by atoms with Crippen LogP contribution in [0.15, 0.2) is 72.8 Å². The molecule has 3 aromatic carbocycles. The van der Waals surface area contributed by atoms with Crippen molar-refractivity contribution in [1.82, 2.24) is 5.32 Å². The quantitative estimate of drug-likeness (QED) is 0.451. The summed E-state index contributed by atoms with van der Waals surface area (Å²) in [7, 11) is 0. The van der Waals surface area contributed by atoms with E-state index in [0.717, 1.165) is 22.6 Å². The summed E-state index contributed by atoms with van der Waals surface area (Å²) in [4.78, 5) is 0. The molecule has 0 spiro atoms. The van der Waals surface area contributed by atoms with Crippen molar-refractivity contribution >= 4 is 12.4 Å². The molecule has 0 aliphatic rings. The first-order valence-corrected chi connectivity index (χ1v) is 9.88. The molecular formula is C25H30ClNO2. The summed E-state index contributed by atoms with van der Waals surface area (Å²) in [6.45, 7) is 8.09. The summed E-state index contributed by atoms with van der Waals surface area (Å²) >= 11 is 0. The largest absolute Gasteiger partial charge is 0.490 e. The zero-order chi connectivity index (χ0) is 19.8. The third kappa shape index (κ3) is 6.52.